The van der Waals surface area contributed by atoms with Gasteiger partial charge in [-0.3, -0.25) is 0 Å². The highest BCUT2D eigenvalue weighted by molar-refractivity contribution is 7.25. The third kappa shape index (κ3) is 4.50. The van der Waals surface area contributed by atoms with Crippen LogP contribution in [0.2, 0.25) is 0 Å². The summed E-state index contributed by atoms with van der Waals surface area (Å²) in [7, 11) is 0. The van der Waals surface area contributed by atoms with Gasteiger partial charge in [-0.05, 0) is 83.9 Å². The van der Waals surface area contributed by atoms with Gasteiger partial charge in [-0.1, -0.05) is 91.0 Å². The Hall–Kier alpha value is -5.84. The second-order valence-corrected chi connectivity index (χ2v) is 12.5. The fraction of sp³-hybridized carbons (Fsp3) is 0. The highest BCUT2D eigenvalue weighted by Crippen LogP contribution is 2.52. The van der Waals surface area contributed by atoms with Gasteiger partial charge in [0, 0.05) is 49.0 Å². The van der Waals surface area contributed by atoms with E-state index in [2.05, 4.69) is 161 Å². The Morgan fingerprint density at radius 1 is 0.435 bits per heavy atom. The molecule has 0 atom stereocenters. The molecule has 4 heteroatoms. The van der Waals surface area contributed by atoms with E-state index >= 15 is 0 Å². The zero-order valence-electron chi connectivity index (χ0n) is 24.9. The molecule has 0 saturated carbocycles. The van der Waals surface area contributed by atoms with E-state index in [9.17, 15) is 0 Å². The molecule has 7 aromatic carbocycles. The van der Waals surface area contributed by atoms with Crippen molar-refractivity contribution in [3.8, 4) is 22.6 Å². The lowest BCUT2D eigenvalue weighted by Gasteiger charge is -2.34. The predicted octanol–water partition coefficient (Wildman–Crippen LogP) is 12.8. The fourth-order valence-electron chi connectivity index (χ4n) is 6.47. The summed E-state index contributed by atoms with van der Waals surface area (Å²) in [6.45, 7) is 0. The molecule has 1 aromatic heterocycles. The van der Waals surface area contributed by atoms with E-state index in [4.69, 9.17) is 4.74 Å². The third-order valence-electron chi connectivity index (χ3n) is 8.63. The number of anilines is 6. The lowest BCUT2D eigenvalue weighted by Crippen LogP contribution is -2.16. The molecule has 0 radical (unpaired) electrons. The fourth-order valence-corrected chi connectivity index (χ4v) is 7.56. The molecular formula is C42H28N2OS. The van der Waals surface area contributed by atoms with Gasteiger partial charge < -0.3 is 14.5 Å². The van der Waals surface area contributed by atoms with Gasteiger partial charge in [0.1, 0.15) is 0 Å². The van der Waals surface area contributed by atoms with E-state index in [1.165, 1.54) is 31.3 Å². The highest BCUT2D eigenvalue weighted by Gasteiger charge is 2.27. The molecule has 0 spiro atoms. The minimum atomic E-state index is 0.813. The summed E-state index contributed by atoms with van der Waals surface area (Å²) in [5, 5.41) is 2.55. The first kappa shape index (κ1) is 26.6. The lowest BCUT2D eigenvalue weighted by molar-refractivity contribution is 0.477. The van der Waals surface area contributed by atoms with Crippen molar-refractivity contribution in [1.82, 2.24) is 0 Å². The Morgan fingerprint density at radius 3 is 1.89 bits per heavy atom. The second kappa shape index (κ2) is 11.0. The molecule has 0 aliphatic carbocycles. The third-order valence-corrected chi connectivity index (χ3v) is 9.79. The van der Waals surface area contributed by atoms with Crippen molar-refractivity contribution in [3.63, 3.8) is 0 Å². The topological polar surface area (TPSA) is 15.7 Å². The van der Waals surface area contributed by atoms with Gasteiger partial charge in [0.05, 0.1) is 11.4 Å². The number of benzene rings is 7. The van der Waals surface area contributed by atoms with Crippen LogP contribution in [0.5, 0.6) is 11.5 Å². The largest absolute Gasteiger partial charge is 0.453 e. The van der Waals surface area contributed by atoms with Crippen molar-refractivity contribution in [1.29, 1.82) is 0 Å². The number of ether oxygens (including phenoxy) is 1. The van der Waals surface area contributed by atoms with Crippen LogP contribution in [0.1, 0.15) is 0 Å². The number of hydrogen-bond donors (Lipinski definition) is 0. The average molecular weight is 609 g/mol. The summed E-state index contributed by atoms with van der Waals surface area (Å²) in [4.78, 5) is 4.61. The van der Waals surface area contributed by atoms with Crippen molar-refractivity contribution < 1.29 is 4.74 Å². The number of hydrogen-bond acceptors (Lipinski definition) is 4. The molecule has 1 aliphatic heterocycles. The Bertz CT molecular complexity index is 2350. The number of thiophene rings is 1. The van der Waals surface area contributed by atoms with E-state index in [0.717, 1.165) is 45.6 Å². The van der Waals surface area contributed by atoms with Crippen LogP contribution < -0.4 is 14.5 Å². The van der Waals surface area contributed by atoms with Crippen LogP contribution in [0.25, 0.3) is 31.3 Å². The highest BCUT2D eigenvalue weighted by atomic mass is 32.1. The molecule has 2 heterocycles. The zero-order chi connectivity index (χ0) is 30.5. The molecule has 0 unspecified atom stereocenters. The lowest BCUT2D eigenvalue weighted by atomic mass is 10.0. The number of rotatable bonds is 5. The molecule has 0 bridgehead atoms. The molecule has 0 amide bonds. The van der Waals surface area contributed by atoms with E-state index in [0.29, 0.717) is 0 Å². The van der Waals surface area contributed by atoms with Gasteiger partial charge in [0.2, 0.25) is 0 Å². The van der Waals surface area contributed by atoms with Gasteiger partial charge in [-0.2, -0.15) is 0 Å². The van der Waals surface area contributed by atoms with Gasteiger partial charge in [0.25, 0.3) is 0 Å². The molecule has 46 heavy (non-hydrogen) atoms. The Morgan fingerprint density at radius 2 is 1.04 bits per heavy atom. The summed E-state index contributed by atoms with van der Waals surface area (Å²) in [6.07, 6.45) is 0. The predicted molar refractivity (Wildman–Crippen MR) is 194 cm³/mol. The molecular weight excluding hydrogens is 581 g/mol. The SMILES string of the molecule is c1ccc(-c2ccc(N(c3ccc4c(c3)Oc3ccccc3N4c3ccccc3)c3ccc4sc5ccccc5c4c3)cc2)cc1. The molecule has 8 aromatic rings. The van der Waals surface area contributed by atoms with Crippen molar-refractivity contribution >= 4 is 65.6 Å². The summed E-state index contributed by atoms with van der Waals surface area (Å²) >= 11 is 1.84. The van der Waals surface area contributed by atoms with E-state index in [1.54, 1.807) is 0 Å². The van der Waals surface area contributed by atoms with Crippen LogP contribution in [0.15, 0.2) is 170 Å². The molecule has 1 aliphatic rings. The smallest absolute Gasteiger partial charge is 0.153 e. The van der Waals surface area contributed by atoms with Crippen LogP contribution in [-0.2, 0) is 0 Å². The summed E-state index contributed by atoms with van der Waals surface area (Å²) in [5.41, 5.74) is 8.72. The Balaban J connectivity index is 1.21. The number of nitrogens with zero attached hydrogens (tertiary/aromatic N) is 2. The first-order valence-corrected chi connectivity index (χ1v) is 16.2. The minimum absolute atomic E-state index is 0.813. The minimum Gasteiger partial charge on any atom is -0.453 e. The molecule has 3 nitrogen and oxygen atoms in total. The summed E-state index contributed by atoms with van der Waals surface area (Å²) in [6, 6.07) is 60.1. The van der Waals surface area contributed by atoms with Crippen molar-refractivity contribution in [3.05, 3.63) is 170 Å². The first-order chi connectivity index (χ1) is 22.8. The standard InChI is InChI=1S/C42H28N2OS/c1-3-11-29(12-4-1)30-19-21-32(22-20-30)43(33-24-26-42-36(27-33)35-15-7-10-18-41(35)46-42)34-23-25-38-40(28-34)45-39-17-9-8-16-37(39)44(38)31-13-5-2-6-14-31/h1-28H. The molecule has 0 fully saturated rings. The molecule has 218 valence electrons. The van der Waals surface area contributed by atoms with E-state index < -0.39 is 0 Å². The average Bonchev–Trinajstić information content (AvgIpc) is 3.50. The van der Waals surface area contributed by atoms with Gasteiger partial charge in [-0.25, -0.2) is 0 Å². The van der Waals surface area contributed by atoms with Gasteiger partial charge in [-0.15, -0.1) is 11.3 Å². The van der Waals surface area contributed by atoms with Crippen LogP contribution >= 0.6 is 11.3 Å². The van der Waals surface area contributed by atoms with Gasteiger partial charge >= 0.3 is 0 Å². The normalized spacial score (nSPS) is 12.0. The zero-order valence-corrected chi connectivity index (χ0v) is 25.7. The number of para-hydroxylation sites is 3. The first-order valence-electron chi connectivity index (χ1n) is 15.4. The van der Waals surface area contributed by atoms with Crippen LogP contribution in [0.3, 0.4) is 0 Å². The Kier molecular flexibility index (Phi) is 6.32. The quantitative estimate of drug-likeness (QED) is 0.193. The maximum absolute atomic E-state index is 6.62. The van der Waals surface area contributed by atoms with E-state index in [1.807, 2.05) is 29.5 Å². The van der Waals surface area contributed by atoms with Crippen LogP contribution in [-0.4, -0.2) is 0 Å². The monoisotopic (exact) mass is 608 g/mol. The number of fused-ring (bicyclic) bond motifs is 5. The summed E-state index contributed by atoms with van der Waals surface area (Å²) < 4.78 is 9.20. The second-order valence-electron chi connectivity index (χ2n) is 11.4. The van der Waals surface area contributed by atoms with Crippen molar-refractivity contribution in [2.24, 2.45) is 0 Å². The van der Waals surface area contributed by atoms with Crippen LogP contribution in [0, 0.1) is 0 Å². The Labute approximate surface area is 271 Å². The summed E-state index contributed by atoms with van der Waals surface area (Å²) in [5.74, 6) is 1.65. The van der Waals surface area contributed by atoms with Crippen molar-refractivity contribution in [2.45, 2.75) is 0 Å². The van der Waals surface area contributed by atoms with Crippen LogP contribution in [0.4, 0.5) is 34.1 Å². The molecule has 9 rings (SSSR count). The van der Waals surface area contributed by atoms with E-state index in [-0.39, 0.29) is 0 Å². The van der Waals surface area contributed by atoms with Gasteiger partial charge in [0.15, 0.2) is 11.5 Å². The van der Waals surface area contributed by atoms with Crippen molar-refractivity contribution in [2.75, 3.05) is 9.80 Å². The maximum atomic E-state index is 6.62. The maximum Gasteiger partial charge on any atom is 0.153 e. The molecule has 0 saturated heterocycles. The molecule has 0 N–H and O–H groups in total.